The van der Waals surface area contributed by atoms with Crippen LogP contribution in [0.3, 0.4) is 0 Å². The molecular formula is C16H20N4O2. The molecule has 22 heavy (non-hydrogen) atoms. The van der Waals surface area contributed by atoms with E-state index < -0.39 is 0 Å². The van der Waals surface area contributed by atoms with Crippen LogP contribution in [0.25, 0.3) is 0 Å². The van der Waals surface area contributed by atoms with Crippen LogP contribution in [-0.4, -0.2) is 42.0 Å². The molecule has 1 amide bonds. The predicted octanol–water partition coefficient (Wildman–Crippen LogP) is 2.12. The maximum atomic E-state index is 12.1. The van der Waals surface area contributed by atoms with Gasteiger partial charge in [0.1, 0.15) is 0 Å². The van der Waals surface area contributed by atoms with E-state index in [4.69, 9.17) is 4.74 Å². The van der Waals surface area contributed by atoms with Gasteiger partial charge in [-0.15, -0.1) is 0 Å². The van der Waals surface area contributed by atoms with E-state index in [0.717, 1.165) is 5.56 Å². The van der Waals surface area contributed by atoms with Crippen molar-refractivity contribution >= 4 is 11.9 Å². The molecule has 0 spiro atoms. The Bertz CT molecular complexity index is 617. The van der Waals surface area contributed by atoms with Crippen molar-refractivity contribution < 1.29 is 9.53 Å². The van der Waals surface area contributed by atoms with E-state index in [-0.39, 0.29) is 11.9 Å². The van der Waals surface area contributed by atoms with Gasteiger partial charge in [-0.05, 0) is 5.56 Å². The van der Waals surface area contributed by atoms with Crippen LogP contribution in [0.4, 0.5) is 5.95 Å². The second-order valence-electron chi connectivity index (χ2n) is 5.02. The van der Waals surface area contributed by atoms with Gasteiger partial charge in [-0.25, -0.2) is 4.98 Å². The number of amides is 1. The summed E-state index contributed by atoms with van der Waals surface area (Å²) in [6.45, 7) is 0. The normalized spacial score (nSPS) is 11.6. The zero-order valence-corrected chi connectivity index (χ0v) is 13.0. The number of aromatic nitrogens is 2. The molecule has 0 fully saturated rings. The lowest BCUT2D eigenvalue weighted by Gasteiger charge is -2.21. The molecule has 6 heteroatoms. The molecule has 1 aromatic carbocycles. The Morgan fingerprint density at radius 1 is 1.27 bits per heavy atom. The molecule has 1 aromatic heterocycles. The number of carbonyl (C=O) groups excluding carboxylic acids is 1. The second kappa shape index (κ2) is 7.40. The van der Waals surface area contributed by atoms with Crippen LogP contribution in [-0.2, 0) is 4.79 Å². The summed E-state index contributed by atoms with van der Waals surface area (Å²) < 4.78 is 5.10. The number of hydrogen-bond donors (Lipinski definition) is 1. The van der Waals surface area contributed by atoms with Crippen molar-refractivity contribution in [2.45, 2.75) is 12.5 Å². The molecule has 0 unspecified atom stereocenters. The summed E-state index contributed by atoms with van der Waals surface area (Å²) >= 11 is 0. The number of carbonyl (C=O) groups is 1. The van der Waals surface area contributed by atoms with Crippen molar-refractivity contribution in [3.8, 4) is 5.88 Å². The second-order valence-corrected chi connectivity index (χ2v) is 5.02. The van der Waals surface area contributed by atoms with Gasteiger partial charge in [0.2, 0.25) is 17.7 Å². The summed E-state index contributed by atoms with van der Waals surface area (Å²) in [6.07, 6.45) is 1.93. The average molecular weight is 300 g/mol. The topological polar surface area (TPSA) is 67.3 Å². The minimum Gasteiger partial charge on any atom is -0.481 e. The molecule has 6 nitrogen and oxygen atoms in total. The zero-order chi connectivity index (χ0) is 15.9. The molecule has 0 bridgehead atoms. The first kappa shape index (κ1) is 15.8. The van der Waals surface area contributed by atoms with E-state index in [9.17, 15) is 4.79 Å². The molecular weight excluding hydrogens is 280 g/mol. The quantitative estimate of drug-likeness (QED) is 0.885. The van der Waals surface area contributed by atoms with E-state index >= 15 is 0 Å². The molecule has 1 N–H and O–H groups in total. The summed E-state index contributed by atoms with van der Waals surface area (Å²) in [5.41, 5.74) is 1.00. The number of ether oxygens (including phenoxy) is 1. The highest BCUT2D eigenvalue weighted by Gasteiger charge is 2.18. The van der Waals surface area contributed by atoms with Crippen LogP contribution in [0.15, 0.2) is 42.6 Å². The molecule has 1 atom stereocenters. The largest absolute Gasteiger partial charge is 0.481 e. The van der Waals surface area contributed by atoms with E-state index in [1.165, 1.54) is 0 Å². The van der Waals surface area contributed by atoms with E-state index in [1.54, 1.807) is 38.4 Å². The number of nitrogens with one attached hydrogen (secondary N) is 1. The van der Waals surface area contributed by atoms with Gasteiger partial charge >= 0.3 is 0 Å². The van der Waals surface area contributed by atoms with Gasteiger partial charge in [0, 0.05) is 26.4 Å². The van der Waals surface area contributed by atoms with Crippen molar-refractivity contribution in [2.24, 2.45) is 0 Å². The van der Waals surface area contributed by atoms with Crippen LogP contribution in [0.2, 0.25) is 0 Å². The number of hydrogen-bond acceptors (Lipinski definition) is 5. The molecule has 0 aliphatic carbocycles. The lowest BCUT2D eigenvalue weighted by molar-refractivity contribution is -0.128. The Morgan fingerprint density at radius 2 is 2.00 bits per heavy atom. The summed E-state index contributed by atoms with van der Waals surface area (Å²) in [4.78, 5) is 22.1. The minimum absolute atomic E-state index is 0.0317. The third kappa shape index (κ3) is 4.18. The Balaban J connectivity index is 2.22. The Kier molecular flexibility index (Phi) is 5.30. The van der Waals surface area contributed by atoms with Crippen LogP contribution in [0.5, 0.6) is 5.88 Å². The molecule has 116 valence electrons. The van der Waals surface area contributed by atoms with Gasteiger partial charge in [-0.3, -0.25) is 4.79 Å². The molecule has 0 radical (unpaired) electrons. The summed E-state index contributed by atoms with van der Waals surface area (Å²) in [7, 11) is 5.04. The van der Waals surface area contributed by atoms with Crippen molar-refractivity contribution in [1.82, 2.24) is 14.9 Å². The van der Waals surface area contributed by atoms with Crippen LogP contribution in [0.1, 0.15) is 18.0 Å². The van der Waals surface area contributed by atoms with E-state index in [2.05, 4.69) is 15.3 Å². The van der Waals surface area contributed by atoms with Crippen molar-refractivity contribution in [2.75, 3.05) is 26.5 Å². The minimum atomic E-state index is -0.205. The molecule has 0 aliphatic heterocycles. The lowest BCUT2D eigenvalue weighted by atomic mass is 10.0. The lowest BCUT2D eigenvalue weighted by Crippen LogP contribution is -2.26. The summed E-state index contributed by atoms with van der Waals surface area (Å²) in [6, 6.07) is 11.2. The highest BCUT2D eigenvalue weighted by atomic mass is 16.5. The third-order valence-electron chi connectivity index (χ3n) is 3.22. The summed E-state index contributed by atoms with van der Waals surface area (Å²) in [5.74, 6) is 0.937. The van der Waals surface area contributed by atoms with Crippen LogP contribution >= 0.6 is 0 Å². The predicted molar refractivity (Wildman–Crippen MR) is 84.7 cm³/mol. The van der Waals surface area contributed by atoms with Gasteiger partial charge in [0.05, 0.1) is 19.6 Å². The maximum absolute atomic E-state index is 12.1. The molecule has 0 aliphatic rings. The third-order valence-corrected chi connectivity index (χ3v) is 3.22. The number of rotatable bonds is 6. The fourth-order valence-corrected chi connectivity index (χ4v) is 1.98. The van der Waals surface area contributed by atoms with Crippen molar-refractivity contribution in [1.29, 1.82) is 0 Å². The fourth-order valence-electron chi connectivity index (χ4n) is 1.98. The van der Waals surface area contributed by atoms with E-state index in [1.807, 2.05) is 30.3 Å². The van der Waals surface area contributed by atoms with Gasteiger partial charge < -0.3 is 15.0 Å². The molecule has 1 heterocycles. The van der Waals surface area contributed by atoms with Crippen molar-refractivity contribution in [3.05, 3.63) is 48.2 Å². The average Bonchev–Trinajstić information content (AvgIpc) is 2.55. The van der Waals surface area contributed by atoms with Crippen LogP contribution in [0, 0.1) is 0 Å². The smallest absolute Gasteiger partial charge is 0.226 e. The molecule has 0 saturated heterocycles. The van der Waals surface area contributed by atoms with Gasteiger partial charge in [0.15, 0.2) is 0 Å². The maximum Gasteiger partial charge on any atom is 0.226 e. The SMILES string of the molecule is COc1ccnc(N[C@@H](CC(=O)N(C)C)c2ccccc2)n1. The van der Waals surface area contributed by atoms with Gasteiger partial charge in [-0.1, -0.05) is 30.3 Å². The highest BCUT2D eigenvalue weighted by Crippen LogP contribution is 2.22. The first-order valence-corrected chi connectivity index (χ1v) is 6.99. The first-order valence-electron chi connectivity index (χ1n) is 6.99. The monoisotopic (exact) mass is 300 g/mol. The number of anilines is 1. The summed E-state index contributed by atoms with van der Waals surface area (Å²) in [5, 5.41) is 3.21. The molecule has 2 aromatic rings. The highest BCUT2D eigenvalue weighted by molar-refractivity contribution is 5.76. The van der Waals surface area contributed by atoms with Crippen LogP contribution < -0.4 is 10.1 Å². The molecule has 0 saturated carbocycles. The van der Waals surface area contributed by atoms with Crippen molar-refractivity contribution in [3.63, 3.8) is 0 Å². The standard InChI is InChI=1S/C16H20N4O2/c1-20(2)15(21)11-13(12-7-5-4-6-8-12)18-16-17-10-9-14(19-16)22-3/h4-10,13H,11H2,1-3H3,(H,17,18,19)/t13-/m0/s1. The van der Waals surface area contributed by atoms with E-state index in [0.29, 0.717) is 18.2 Å². The Labute approximate surface area is 130 Å². The Morgan fingerprint density at radius 3 is 2.64 bits per heavy atom. The number of benzene rings is 1. The van der Waals surface area contributed by atoms with Gasteiger partial charge in [0.25, 0.3) is 0 Å². The first-order chi connectivity index (χ1) is 10.6. The molecule has 2 rings (SSSR count). The number of nitrogens with zero attached hydrogens (tertiary/aromatic N) is 3. The fraction of sp³-hybridized carbons (Fsp3) is 0.312. The zero-order valence-electron chi connectivity index (χ0n) is 13.0. The number of methoxy groups -OCH3 is 1. The Hall–Kier alpha value is -2.63. The van der Waals surface area contributed by atoms with Gasteiger partial charge in [-0.2, -0.15) is 4.98 Å².